The number of halogens is 1. The van der Waals surface area contributed by atoms with Crippen LogP contribution in [0.3, 0.4) is 0 Å². The molecule has 0 unspecified atom stereocenters. The van der Waals surface area contributed by atoms with Gasteiger partial charge in [0.2, 0.25) is 11.6 Å². The predicted molar refractivity (Wildman–Crippen MR) is 119 cm³/mol. The summed E-state index contributed by atoms with van der Waals surface area (Å²) >= 11 is 1.39. The van der Waals surface area contributed by atoms with Crippen LogP contribution in [0.25, 0.3) is 5.76 Å². The average Bonchev–Trinajstić information content (AvgIpc) is 2.80. The van der Waals surface area contributed by atoms with E-state index in [-0.39, 0.29) is 11.2 Å². The lowest BCUT2D eigenvalue weighted by molar-refractivity contribution is -0.111. The molecular formula is C25H24FNO3S. The van der Waals surface area contributed by atoms with Crippen molar-refractivity contribution in [1.82, 2.24) is 4.90 Å². The molecule has 1 spiro atoms. The van der Waals surface area contributed by atoms with Crippen LogP contribution in [-0.2, 0) is 16.0 Å². The summed E-state index contributed by atoms with van der Waals surface area (Å²) < 4.78 is 20.3. The molecule has 2 heterocycles. The molecule has 31 heavy (non-hydrogen) atoms. The molecule has 160 valence electrons. The fourth-order valence-corrected chi connectivity index (χ4v) is 5.88. The maximum Gasteiger partial charge on any atom is 0.243 e. The quantitative estimate of drug-likeness (QED) is 0.660. The second-order valence-electron chi connectivity index (χ2n) is 8.51. The number of allylic oxidation sites excluding steroid dienone is 1. The Morgan fingerprint density at radius 2 is 1.77 bits per heavy atom. The third-order valence-electron chi connectivity index (χ3n) is 6.44. The number of ether oxygens (including phenoxy) is 1. The van der Waals surface area contributed by atoms with Gasteiger partial charge in [0.1, 0.15) is 22.1 Å². The summed E-state index contributed by atoms with van der Waals surface area (Å²) in [6.45, 7) is 2.91. The van der Waals surface area contributed by atoms with Gasteiger partial charge >= 0.3 is 0 Å². The average molecular weight is 438 g/mol. The third-order valence-corrected chi connectivity index (χ3v) is 7.77. The number of fused-ring (bicyclic) bond motifs is 2. The molecule has 0 amide bonds. The molecule has 1 aliphatic carbocycles. The molecule has 0 saturated carbocycles. The number of hydrogen-bond acceptors (Lipinski definition) is 5. The van der Waals surface area contributed by atoms with E-state index in [1.807, 2.05) is 6.07 Å². The highest BCUT2D eigenvalue weighted by Gasteiger charge is 2.46. The zero-order chi connectivity index (χ0) is 21.4. The van der Waals surface area contributed by atoms with Crippen LogP contribution in [0.2, 0.25) is 0 Å². The van der Waals surface area contributed by atoms with Crippen LogP contribution in [0.1, 0.15) is 40.7 Å². The van der Waals surface area contributed by atoms with Crippen LogP contribution in [0, 0.1) is 5.82 Å². The van der Waals surface area contributed by atoms with Crippen LogP contribution in [-0.4, -0.2) is 47.5 Å². The standard InChI is InChI=1S/C25H24FNO3S/c26-18-8-9-19-20(15-18)23-24(22(29)21(19)28)31-16-25(30-23)10-13-27(14-11-25)12-4-7-17-5-2-1-3-6-17/h1-3,5-6,8-9,15H,4,7,10-14,16H2. The lowest BCUT2D eigenvalue weighted by Gasteiger charge is -2.45. The number of ketones is 2. The Bertz CT molecular complexity index is 1060. The molecule has 0 aromatic heterocycles. The molecule has 5 rings (SSSR count). The van der Waals surface area contributed by atoms with Crippen molar-refractivity contribution in [2.45, 2.75) is 31.3 Å². The number of aryl methyl sites for hydroxylation is 1. The summed E-state index contributed by atoms with van der Waals surface area (Å²) in [5.74, 6) is -0.503. The first-order valence-corrected chi connectivity index (χ1v) is 11.7. The van der Waals surface area contributed by atoms with Gasteiger partial charge in [-0.15, -0.1) is 11.8 Å². The van der Waals surface area contributed by atoms with Crippen molar-refractivity contribution >= 4 is 29.1 Å². The number of nitrogens with zero attached hydrogens (tertiary/aromatic N) is 1. The fraction of sp³-hybridized carbons (Fsp3) is 0.360. The Kier molecular flexibility index (Phi) is 5.44. The van der Waals surface area contributed by atoms with Crippen LogP contribution in [0.4, 0.5) is 4.39 Å². The number of carbonyl (C=O) groups is 2. The van der Waals surface area contributed by atoms with Crippen LogP contribution < -0.4 is 0 Å². The number of benzene rings is 2. The van der Waals surface area contributed by atoms with Gasteiger partial charge < -0.3 is 9.64 Å². The number of carbonyl (C=O) groups excluding carboxylic acids is 2. The molecule has 2 aromatic carbocycles. The Balaban J connectivity index is 1.26. The molecule has 1 saturated heterocycles. The number of Topliss-reactive ketones (excluding diaryl/α,β-unsaturated/α-hetero) is 2. The first kappa shape index (κ1) is 20.5. The van der Waals surface area contributed by atoms with Crippen molar-refractivity contribution < 1.29 is 18.7 Å². The van der Waals surface area contributed by atoms with Gasteiger partial charge in [-0.25, -0.2) is 4.39 Å². The molecule has 0 atom stereocenters. The van der Waals surface area contributed by atoms with Gasteiger partial charge in [0.05, 0.1) is 0 Å². The second kappa shape index (κ2) is 8.24. The predicted octanol–water partition coefficient (Wildman–Crippen LogP) is 4.49. The zero-order valence-electron chi connectivity index (χ0n) is 17.2. The molecule has 6 heteroatoms. The summed E-state index contributed by atoms with van der Waals surface area (Å²) in [5.41, 5.74) is 1.64. The summed E-state index contributed by atoms with van der Waals surface area (Å²) in [6, 6.07) is 14.4. The van der Waals surface area contributed by atoms with Gasteiger partial charge in [-0.3, -0.25) is 9.59 Å². The zero-order valence-corrected chi connectivity index (χ0v) is 18.1. The maximum absolute atomic E-state index is 13.9. The summed E-state index contributed by atoms with van der Waals surface area (Å²) in [5, 5.41) is 0. The SMILES string of the molecule is O=C1C(=O)c2ccc(F)cc2C2=C1SCC1(CCN(CCCc3ccccc3)CC1)O2. The number of thioether (sulfide) groups is 1. The smallest absolute Gasteiger partial charge is 0.243 e. The highest BCUT2D eigenvalue weighted by molar-refractivity contribution is 8.04. The highest BCUT2D eigenvalue weighted by Crippen LogP contribution is 2.47. The van der Waals surface area contributed by atoms with E-state index in [4.69, 9.17) is 4.74 Å². The van der Waals surface area contributed by atoms with Crippen molar-refractivity contribution in [1.29, 1.82) is 0 Å². The highest BCUT2D eigenvalue weighted by atomic mass is 32.2. The lowest BCUT2D eigenvalue weighted by atomic mass is 9.89. The minimum Gasteiger partial charge on any atom is -0.484 e. The summed E-state index contributed by atoms with van der Waals surface area (Å²) in [6.07, 6.45) is 3.90. The van der Waals surface area contributed by atoms with Crippen molar-refractivity contribution in [2.24, 2.45) is 0 Å². The summed E-state index contributed by atoms with van der Waals surface area (Å²) in [7, 11) is 0. The minimum absolute atomic E-state index is 0.237. The van der Waals surface area contributed by atoms with E-state index in [1.165, 1.54) is 35.5 Å². The van der Waals surface area contributed by atoms with E-state index in [2.05, 4.69) is 29.2 Å². The van der Waals surface area contributed by atoms with Crippen molar-refractivity contribution in [3.05, 3.63) is 75.9 Å². The van der Waals surface area contributed by atoms with E-state index >= 15 is 0 Å². The van der Waals surface area contributed by atoms with Gasteiger partial charge in [-0.1, -0.05) is 30.3 Å². The molecule has 0 radical (unpaired) electrons. The number of likely N-dealkylation sites (tertiary alicyclic amines) is 1. The largest absolute Gasteiger partial charge is 0.484 e. The van der Waals surface area contributed by atoms with Gasteiger partial charge in [0.15, 0.2) is 0 Å². The van der Waals surface area contributed by atoms with Crippen molar-refractivity contribution in [3.8, 4) is 0 Å². The van der Waals surface area contributed by atoms with E-state index < -0.39 is 17.4 Å². The molecule has 0 bridgehead atoms. The van der Waals surface area contributed by atoms with Crippen LogP contribution in [0.5, 0.6) is 0 Å². The van der Waals surface area contributed by atoms with Gasteiger partial charge in [-0.2, -0.15) is 0 Å². The van der Waals surface area contributed by atoms with Crippen molar-refractivity contribution in [3.63, 3.8) is 0 Å². The minimum atomic E-state index is -0.575. The van der Waals surface area contributed by atoms with Gasteiger partial charge in [-0.05, 0) is 43.1 Å². The van der Waals surface area contributed by atoms with Crippen molar-refractivity contribution in [2.75, 3.05) is 25.4 Å². The Morgan fingerprint density at radius 3 is 2.55 bits per heavy atom. The first-order valence-electron chi connectivity index (χ1n) is 10.8. The molecule has 1 fully saturated rings. The molecule has 2 aromatic rings. The Labute approximate surface area is 185 Å². The van der Waals surface area contributed by atoms with Gasteiger partial charge in [0.25, 0.3) is 0 Å². The van der Waals surface area contributed by atoms with E-state index in [0.29, 0.717) is 22.0 Å². The third kappa shape index (κ3) is 3.94. The first-order chi connectivity index (χ1) is 15.0. The monoisotopic (exact) mass is 437 g/mol. The molecular weight excluding hydrogens is 413 g/mol. The van der Waals surface area contributed by atoms with Gasteiger partial charge in [0, 0.05) is 42.8 Å². The number of rotatable bonds is 4. The van der Waals surface area contributed by atoms with E-state index in [9.17, 15) is 14.0 Å². The van der Waals surface area contributed by atoms with E-state index in [0.717, 1.165) is 45.3 Å². The fourth-order valence-electron chi connectivity index (χ4n) is 4.62. The molecule has 3 aliphatic rings. The van der Waals surface area contributed by atoms with Crippen LogP contribution >= 0.6 is 11.8 Å². The topological polar surface area (TPSA) is 46.6 Å². The molecule has 0 N–H and O–H groups in total. The summed E-state index contributed by atoms with van der Waals surface area (Å²) in [4.78, 5) is 27.8. The lowest BCUT2D eigenvalue weighted by Crippen LogP contribution is -2.49. The molecule has 2 aliphatic heterocycles. The number of hydrogen-bond donors (Lipinski definition) is 0. The second-order valence-corrected chi connectivity index (χ2v) is 9.50. The van der Waals surface area contributed by atoms with E-state index in [1.54, 1.807) is 0 Å². The molecule has 4 nitrogen and oxygen atoms in total. The maximum atomic E-state index is 13.9. The Morgan fingerprint density at radius 1 is 1.00 bits per heavy atom. The van der Waals surface area contributed by atoms with Crippen LogP contribution in [0.15, 0.2) is 53.4 Å². The number of piperidine rings is 1. The Hall–Kier alpha value is -2.44. The normalized spacial score (nSPS) is 20.4.